The Labute approximate surface area is 324 Å². The van der Waals surface area contributed by atoms with Crippen molar-refractivity contribution in [3.63, 3.8) is 0 Å². The number of imidazole rings is 1. The maximum atomic E-state index is 6.57. The summed E-state index contributed by atoms with van der Waals surface area (Å²) in [7, 11) is 0. The second kappa shape index (κ2) is 14.2. The van der Waals surface area contributed by atoms with Gasteiger partial charge in [-0.1, -0.05) is 86.8 Å². The molecule has 0 saturated carbocycles. The first-order valence-corrected chi connectivity index (χ1v) is 17.5. The van der Waals surface area contributed by atoms with Crippen LogP contribution in [0, 0.1) is 39.8 Å². The molecule has 7 heteroatoms. The minimum absolute atomic E-state index is 0. The Morgan fingerprint density at radius 3 is 2.11 bits per heavy atom. The van der Waals surface area contributed by atoms with E-state index in [9.17, 15) is 0 Å². The number of hydrogen-bond donors (Lipinski definition) is 0. The fourth-order valence-corrected chi connectivity index (χ4v) is 7.04. The van der Waals surface area contributed by atoms with Crippen molar-refractivity contribution in [3.05, 3.63) is 150 Å². The summed E-state index contributed by atoms with van der Waals surface area (Å²) in [5.74, 6) is 2.57. The zero-order valence-corrected chi connectivity index (χ0v) is 33.0. The first-order chi connectivity index (χ1) is 25.0. The third kappa shape index (κ3) is 6.92. The average molecular weight is 877 g/mol. The Hall–Kier alpha value is -5.45. The van der Waals surface area contributed by atoms with E-state index in [2.05, 4.69) is 113 Å². The van der Waals surface area contributed by atoms with Crippen LogP contribution in [0.15, 0.2) is 114 Å². The van der Waals surface area contributed by atoms with Gasteiger partial charge in [0.2, 0.25) is 5.88 Å². The average Bonchev–Trinajstić information content (AvgIpc) is 3.73. The Balaban J connectivity index is 0.00000435. The number of fused-ring (bicyclic) bond motifs is 3. The van der Waals surface area contributed by atoms with Gasteiger partial charge in [-0.2, -0.15) is 6.07 Å². The zero-order chi connectivity index (χ0) is 36.1. The summed E-state index contributed by atoms with van der Waals surface area (Å²) < 4.78 is 21.3. The number of benzene rings is 5. The molecule has 0 aliphatic carbocycles. The van der Waals surface area contributed by atoms with Crippen molar-refractivity contribution in [1.29, 1.82) is 0 Å². The molecule has 8 aromatic rings. The predicted octanol–water partition coefficient (Wildman–Crippen LogP) is 12.2. The minimum atomic E-state index is 0. The summed E-state index contributed by atoms with van der Waals surface area (Å²) in [6.45, 7) is 15.3. The van der Waals surface area contributed by atoms with Crippen LogP contribution in [0.1, 0.15) is 48.6 Å². The Morgan fingerprint density at radius 1 is 0.679 bits per heavy atom. The molecule has 0 fully saturated rings. The molecule has 0 amide bonds. The zero-order valence-electron chi connectivity index (χ0n) is 30.8. The van der Waals surface area contributed by atoms with Crippen molar-refractivity contribution in [2.75, 3.05) is 0 Å². The first kappa shape index (κ1) is 35.9. The molecule has 3 heterocycles. The number of rotatable bonds is 7. The standard InChI is InChI=1S/C46H39N3O3.Pt/c1-28-12-10-13-29(2)42(28)32-18-19-47-41(26-32)51-36-15-11-14-35(27-36)50-40-25-33(24-38-37-16-8-9-17-39(37)52-44(38)40)45-48-20-21-49(45)43-30(3)22-34(23-31(43)4)46(5,6)7;/h8-24,26H,1-7H3;/q-2;+2. The van der Waals surface area contributed by atoms with Gasteiger partial charge in [-0.05, 0) is 84.2 Å². The third-order valence-corrected chi connectivity index (χ3v) is 9.53. The van der Waals surface area contributed by atoms with E-state index in [1.54, 1.807) is 6.20 Å². The Kier molecular flexibility index (Phi) is 9.61. The number of furan rings is 1. The monoisotopic (exact) mass is 876 g/mol. The van der Waals surface area contributed by atoms with E-state index in [4.69, 9.17) is 18.9 Å². The van der Waals surface area contributed by atoms with Crippen molar-refractivity contribution < 1.29 is 35.0 Å². The third-order valence-electron chi connectivity index (χ3n) is 9.53. The van der Waals surface area contributed by atoms with Gasteiger partial charge in [0.25, 0.3) is 0 Å². The maximum absolute atomic E-state index is 6.57. The second-order valence-electron chi connectivity index (χ2n) is 14.4. The van der Waals surface area contributed by atoms with E-state index in [0.717, 1.165) is 39.0 Å². The molecular weight excluding hydrogens is 838 g/mol. The first-order valence-electron chi connectivity index (χ1n) is 17.5. The minimum Gasteiger partial charge on any atom is -0.499 e. The number of nitrogens with zero attached hydrogens (tertiary/aromatic N) is 3. The molecule has 8 rings (SSSR count). The fourth-order valence-electron chi connectivity index (χ4n) is 7.04. The van der Waals surface area contributed by atoms with Gasteiger partial charge in [0.15, 0.2) is 0 Å². The van der Waals surface area contributed by atoms with Crippen LogP contribution in [0.2, 0.25) is 0 Å². The largest absolute Gasteiger partial charge is 2.00 e. The molecular formula is C46H39N3O3Pt. The molecule has 0 saturated heterocycles. The summed E-state index contributed by atoms with van der Waals surface area (Å²) in [4.78, 5) is 9.33. The molecule has 0 N–H and O–H groups in total. The SMILES string of the molecule is Cc1cccc(C)c1-c1ccnc(Oc2[c-]c(Oc3[c-]c(-c4nccn4-c4c(C)cc(C(C)(C)C)cc4C)cc4c3oc3ccccc34)ccc2)c1.[Pt+2]. The van der Waals surface area contributed by atoms with Gasteiger partial charge in [-0.3, -0.25) is 4.98 Å². The number of aryl methyl sites for hydroxylation is 4. The van der Waals surface area contributed by atoms with Crippen LogP contribution >= 0.6 is 0 Å². The van der Waals surface area contributed by atoms with Gasteiger partial charge in [-0.25, -0.2) is 4.98 Å². The smallest absolute Gasteiger partial charge is 0.499 e. The van der Waals surface area contributed by atoms with E-state index in [0.29, 0.717) is 28.7 Å². The molecule has 0 aliphatic heterocycles. The van der Waals surface area contributed by atoms with Gasteiger partial charge in [0.1, 0.15) is 5.58 Å². The van der Waals surface area contributed by atoms with Gasteiger partial charge >= 0.3 is 21.1 Å². The van der Waals surface area contributed by atoms with Gasteiger partial charge < -0.3 is 18.5 Å². The predicted molar refractivity (Wildman–Crippen MR) is 208 cm³/mol. The van der Waals surface area contributed by atoms with Gasteiger partial charge in [0, 0.05) is 47.2 Å². The summed E-state index contributed by atoms with van der Waals surface area (Å²) in [6, 6.07) is 37.2. The summed E-state index contributed by atoms with van der Waals surface area (Å²) >= 11 is 0. The van der Waals surface area contributed by atoms with Crippen LogP contribution in [-0.2, 0) is 26.5 Å². The number of para-hydroxylation sites is 1. The van der Waals surface area contributed by atoms with Crippen molar-refractivity contribution >= 4 is 21.9 Å². The van der Waals surface area contributed by atoms with Crippen molar-refractivity contribution in [2.45, 2.75) is 53.9 Å². The molecule has 0 spiro atoms. The fraction of sp³-hybridized carbons (Fsp3) is 0.174. The van der Waals surface area contributed by atoms with Crippen molar-refractivity contribution in [3.8, 4) is 51.3 Å². The van der Waals surface area contributed by atoms with Crippen molar-refractivity contribution in [2.24, 2.45) is 0 Å². The Bertz CT molecular complexity index is 2590. The van der Waals surface area contributed by atoms with Gasteiger partial charge in [0.05, 0.1) is 17.2 Å². The van der Waals surface area contributed by atoms with Crippen LogP contribution in [-0.4, -0.2) is 14.5 Å². The summed E-state index contributed by atoms with van der Waals surface area (Å²) in [6.07, 6.45) is 5.60. The van der Waals surface area contributed by atoms with E-state index in [-0.39, 0.29) is 26.5 Å². The molecule has 6 nitrogen and oxygen atoms in total. The molecule has 266 valence electrons. The molecule has 3 aromatic heterocycles. The topological polar surface area (TPSA) is 62.3 Å². The van der Waals surface area contributed by atoms with Crippen LogP contribution in [0.5, 0.6) is 23.1 Å². The van der Waals surface area contributed by atoms with E-state index in [1.165, 1.54) is 33.4 Å². The van der Waals surface area contributed by atoms with Gasteiger partial charge in [-0.15, -0.1) is 23.8 Å². The number of pyridine rings is 1. The van der Waals surface area contributed by atoms with Crippen LogP contribution in [0.3, 0.4) is 0 Å². The molecule has 5 aromatic carbocycles. The summed E-state index contributed by atoms with van der Waals surface area (Å²) in [5, 5.41) is 1.89. The van der Waals surface area contributed by atoms with Crippen LogP contribution in [0.4, 0.5) is 0 Å². The number of aromatic nitrogens is 3. The Morgan fingerprint density at radius 2 is 1.38 bits per heavy atom. The van der Waals surface area contributed by atoms with Crippen LogP contribution < -0.4 is 9.47 Å². The van der Waals surface area contributed by atoms with Crippen LogP contribution in [0.25, 0.3) is 50.1 Å². The van der Waals surface area contributed by atoms with E-state index < -0.39 is 0 Å². The van der Waals surface area contributed by atoms with Crippen molar-refractivity contribution in [1.82, 2.24) is 14.5 Å². The number of hydrogen-bond acceptors (Lipinski definition) is 5. The van der Waals surface area contributed by atoms with E-state index >= 15 is 0 Å². The normalized spacial score (nSPS) is 11.5. The molecule has 53 heavy (non-hydrogen) atoms. The quantitative estimate of drug-likeness (QED) is 0.149. The number of ether oxygens (including phenoxy) is 2. The molecule has 0 atom stereocenters. The molecule has 0 unspecified atom stereocenters. The molecule has 0 bridgehead atoms. The van der Waals surface area contributed by atoms with E-state index in [1.807, 2.05) is 60.9 Å². The molecule has 0 aliphatic rings. The molecule has 0 radical (unpaired) electrons. The maximum Gasteiger partial charge on any atom is 2.00 e. The summed E-state index contributed by atoms with van der Waals surface area (Å²) in [5.41, 5.74) is 11.5. The second-order valence-corrected chi connectivity index (χ2v) is 14.4.